The van der Waals surface area contributed by atoms with Crippen LogP contribution < -0.4 is 11.1 Å². The molecule has 1 atom stereocenters. The van der Waals surface area contributed by atoms with Crippen molar-refractivity contribution >= 4 is 11.8 Å². The number of carbonyl (C=O) groups excluding carboxylic acids is 2. The van der Waals surface area contributed by atoms with E-state index < -0.39 is 0 Å². The molecule has 0 rings (SSSR count). The number of rotatable bonds is 8. The predicted octanol–water partition coefficient (Wildman–Crippen LogP) is 1.19. The van der Waals surface area contributed by atoms with Crippen LogP contribution in [-0.4, -0.2) is 18.4 Å². The molecule has 0 aliphatic heterocycles. The van der Waals surface area contributed by atoms with E-state index in [1.807, 2.05) is 13.8 Å². The van der Waals surface area contributed by atoms with Crippen molar-refractivity contribution in [3.63, 3.8) is 0 Å². The third kappa shape index (κ3) is 7.97. The summed E-state index contributed by atoms with van der Waals surface area (Å²) >= 11 is 0. The highest BCUT2D eigenvalue weighted by Gasteiger charge is 2.07. The average Bonchev–Trinajstić information content (AvgIpc) is 2.17. The smallest absolute Gasteiger partial charge is 0.220 e. The molecule has 3 N–H and O–H groups in total. The number of nitrogens with one attached hydrogen (secondary N) is 1. The second-order valence-corrected chi connectivity index (χ2v) is 3.90. The van der Waals surface area contributed by atoms with E-state index in [0.29, 0.717) is 13.0 Å². The Bertz CT molecular complexity index is 205. The Morgan fingerprint density at radius 3 is 2.53 bits per heavy atom. The summed E-state index contributed by atoms with van der Waals surface area (Å²) in [6.07, 6.45) is 4.12. The Kier molecular flexibility index (Phi) is 7.68. The molecule has 0 aliphatic rings. The van der Waals surface area contributed by atoms with Gasteiger partial charge < -0.3 is 11.1 Å². The lowest BCUT2D eigenvalue weighted by atomic mass is 10.0. The molecule has 4 nitrogen and oxygen atoms in total. The fraction of sp³-hybridized carbons (Fsp3) is 0.818. The molecule has 0 fully saturated rings. The Morgan fingerprint density at radius 2 is 2.00 bits per heavy atom. The third-order valence-electron chi connectivity index (χ3n) is 2.35. The molecular weight excluding hydrogens is 192 g/mol. The van der Waals surface area contributed by atoms with Gasteiger partial charge in [0, 0.05) is 18.9 Å². The van der Waals surface area contributed by atoms with E-state index in [4.69, 9.17) is 5.73 Å². The summed E-state index contributed by atoms with van der Waals surface area (Å²) in [5, 5.41) is 2.83. The van der Waals surface area contributed by atoms with Crippen LogP contribution in [0.4, 0.5) is 0 Å². The van der Waals surface area contributed by atoms with Gasteiger partial charge in [0.05, 0.1) is 0 Å². The van der Waals surface area contributed by atoms with Crippen LogP contribution in [0.3, 0.4) is 0 Å². The zero-order valence-electron chi connectivity index (χ0n) is 9.71. The van der Waals surface area contributed by atoms with Crippen molar-refractivity contribution in [1.29, 1.82) is 0 Å². The van der Waals surface area contributed by atoms with Gasteiger partial charge in [0.25, 0.3) is 0 Å². The molecule has 0 aromatic rings. The van der Waals surface area contributed by atoms with Crippen molar-refractivity contribution < 1.29 is 9.59 Å². The number of unbranched alkanes of at least 4 members (excludes halogenated alkanes) is 1. The van der Waals surface area contributed by atoms with Crippen LogP contribution in [0, 0.1) is 5.92 Å². The molecule has 0 aliphatic carbocycles. The number of hydrogen-bond acceptors (Lipinski definition) is 2. The van der Waals surface area contributed by atoms with Crippen molar-refractivity contribution in [2.75, 3.05) is 6.54 Å². The van der Waals surface area contributed by atoms with Crippen molar-refractivity contribution in [3.05, 3.63) is 0 Å². The van der Waals surface area contributed by atoms with E-state index in [-0.39, 0.29) is 17.7 Å². The van der Waals surface area contributed by atoms with Gasteiger partial charge in [-0.1, -0.05) is 20.3 Å². The minimum absolute atomic E-state index is 0.0589. The van der Waals surface area contributed by atoms with Gasteiger partial charge in [0.2, 0.25) is 11.8 Å². The maximum atomic E-state index is 11.1. The van der Waals surface area contributed by atoms with Gasteiger partial charge in [-0.05, 0) is 19.3 Å². The van der Waals surface area contributed by atoms with Crippen molar-refractivity contribution in [1.82, 2.24) is 5.32 Å². The van der Waals surface area contributed by atoms with E-state index in [1.165, 1.54) is 0 Å². The van der Waals surface area contributed by atoms with E-state index in [1.54, 1.807) is 0 Å². The molecule has 15 heavy (non-hydrogen) atoms. The zero-order chi connectivity index (χ0) is 11.7. The number of hydrogen-bond donors (Lipinski definition) is 2. The van der Waals surface area contributed by atoms with Crippen LogP contribution in [0.1, 0.15) is 46.0 Å². The molecule has 0 heterocycles. The van der Waals surface area contributed by atoms with Crippen LogP contribution in [0.15, 0.2) is 0 Å². The SMILES string of the molecule is CCCC(=O)NCCCC[C@H](C)C(N)=O. The van der Waals surface area contributed by atoms with Crippen LogP contribution in [0.5, 0.6) is 0 Å². The van der Waals surface area contributed by atoms with Crippen LogP contribution in [-0.2, 0) is 9.59 Å². The molecule has 0 saturated carbocycles. The van der Waals surface area contributed by atoms with E-state index in [2.05, 4.69) is 5.32 Å². The first-order valence-corrected chi connectivity index (χ1v) is 5.64. The average molecular weight is 214 g/mol. The number of primary amides is 1. The van der Waals surface area contributed by atoms with Crippen molar-refractivity contribution in [2.24, 2.45) is 11.7 Å². The first kappa shape index (κ1) is 13.9. The predicted molar refractivity (Wildman–Crippen MR) is 60.1 cm³/mol. The Balaban J connectivity index is 3.32. The fourth-order valence-electron chi connectivity index (χ4n) is 1.26. The maximum absolute atomic E-state index is 11.1. The summed E-state index contributed by atoms with van der Waals surface area (Å²) in [5.41, 5.74) is 5.13. The van der Waals surface area contributed by atoms with E-state index in [9.17, 15) is 9.59 Å². The summed E-state index contributed by atoms with van der Waals surface area (Å²) < 4.78 is 0. The fourth-order valence-corrected chi connectivity index (χ4v) is 1.26. The maximum Gasteiger partial charge on any atom is 0.220 e. The summed E-state index contributed by atoms with van der Waals surface area (Å²) in [6, 6.07) is 0. The minimum atomic E-state index is -0.245. The summed E-state index contributed by atoms with van der Waals surface area (Å²) in [7, 11) is 0. The Hall–Kier alpha value is -1.06. The molecule has 0 unspecified atom stereocenters. The zero-order valence-corrected chi connectivity index (χ0v) is 9.71. The molecule has 88 valence electrons. The van der Waals surface area contributed by atoms with E-state index >= 15 is 0 Å². The highest BCUT2D eigenvalue weighted by atomic mass is 16.1. The molecule has 0 bridgehead atoms. The van der Waals surface area contributed by atoms with Crippen LogP contribution >= 0.6 is 0 Å². The molecule has 0 radical (unpaired) electrons. The quantitative estimate of drug-likeness (QED) is 0.596. The summed E-state index contributed by atoms with van der Waals surface area (Å²) in [4.78, 5) is 21.8. The lowest BCUT2D eigenvalue weighted by Crippen LogP contribution is -2.24. The Labute approximate surface area is 91.6 Å². The molecule has 4 heteroatoms. The van der Waals surface area contributed by atoms with Gasteiger partial charge in [-0.3, -0.25) is 9.59 Å². The molecule has 2 amide bonds. The van der Waals surface area contributed by atoms with Gasteiger partial charge in [-0.25, -0.2) is 0 Å². The molecule has 0 saturated heterocycles. The van der Waals surface area contributed by atoms with E-state index in [0.717, 1.165) is 25.7 Å². The third-order valence-corrected chi connectivity index (χ3v) is 2.35. The highest BCUT2D eigenvalue weighted by Crippen LogP contribution is 2.06. The van der Waals surface area contributed by atoms with Crippen molar-refractivity contribution in [2.45, 2.75) is 46.0 Å². The van der Waals surface area contributed by atoms with Crippen LogP contribution in [0.25, 0.3) is 0 Å². The molecule has 0 aromatic carbocycles. The number of carbonyl (C=O) groups is 2. The molecule has 0 aromatic heterocycles. The Morgan fingerprint density at radius 1 is 1.33 bits per heavy atom. The van der Waals surface area contributed by atoms with Crippen LogP contribution in [0.2, 0.25) is 0 Å². The molecular formula is C11H22N2O2. The largest absolute Gasteiger partial charge is 0.369 e. The van der Waals surface area contributed by atoms with Crippen molar-refractivity contribution in [3.8, 4) is 0 Å². The second-order valence-electron chi connectivity index (χ2n) is 3.90. The summed E-state index contributed by atoms with van der Waals surface area (Å²) in [6.45, 7) is 4.51. The monoisotopic (exact) mass is 214 g/mol. The lowest BCUT2D eigenvalue weighted by molar-refractivity contribution is -0.122. The number of amides is 2. The number of nitrogens with two attached hydrogens (primary N) is 1. The van der Waals surface area contributed by atoms with Gasteiger partial charge in [0.1, 0.15) is 0 Å². The lowest BCUT2D eigenvalue weighted by Gasteiger charge is -2.07. The first-order valence-electron chi connectivity index (χ1n) is 5.64. The highest BCUT2D eigenvalue weighted by molar-refractivity contribution is 5.76. The first-order chi connectivity index (χ1) is 7.07. The molecule has 0 spiro atoms. The van der Waals surface area contributed by atoms with Gasteiger partial charge >= 0.3 is 0 Å². The standard InChI is InChI=1S/C11H22N2O2/c1-3-6-10(14)13-8-5-4-7-9(2)11(12)15/h9H,3-8H2,1-2H3,(H2,12,15)(H,13,14)/t9-/m0/s1. The van der Waals surface area contributed by atoms with Gasteiger partial charge in [0.15, 0.2) is 0 Å². The summed E-state index contributed by atoms with van der Waals surface area (Å²) in [5.74, 6) is -0.193. The minimum Gasteiger partial charge on any atom is -0.369 e. The van der Waals surface area contributed by atoms with Gasteiger partial charge in [-0.2, -0.15) is 0 Å². The second kappa shape index (κ2) is 8.26. The van der Waals surface area contributed by atoms with Gasteiger partial charge in [-0.15, -0.1) is 0 Å². The normalized spacial score (nSPS) is 12.1. The topological polar surface area (TPSA) is 72.2 Å².